The van der Waals surface area contributed by atoms with Gasteiger partial charge in [0.25, 0.3) is 0 Å². The van der Waals surface area contributed by atoms with Crippen molar-refractivity contribution in [3.8, 4) is 0 Å². The summed E-state index contributed by atoms with van der Waals surface area (Å²) in [5.41, 5.74) is 1.14. The standard InChI is InChI=1S/C15H24N2O2/c1-4-19-13-15(18)17(11-10-16(2)3)12-14-8-6-5-7-9-14/h5-9H,4,10-13H2,1-3H3. The van der Waals surface area contributed by atoms with Crippen LogP contribution in [-0.2, 0) is 16.1 Å². The summed E-state index contributed by atoms with van der Waals surface area (Å²) in [5, 5.41) is 0. The van der Waals surface area contributed by atoms with Gasteiger partial charge in [-0.3, -0.25) is 4.79 Å². The second kappa shape index (κ2) is 8.67. The van der Waals surface area contributed by atoms with Crippen molar-refractivity contribution in [1.82, 2.24) is 9.80 Å². The molecule has 0 spiro atoms. The Morgan fingerprint density at radius 1 is 1.16 bits per heavy atom. The number of hydrogen-bond acceptors (Lipinski definition) is 3. The van der Waals surface area contributed by atoms with Gasteiger partial charge >= 0.3 is 0 Å². The van der Waals surface area contributed by atoms with E-state index >= 15 is 0 Å². The summed E-state index contributed by atoms with van der Waals surface area (Å²) < 4.78 is 5.22. The van der Waals surface area contributed by atoms with Crippen LogP contribution in [0, 0.1) is 0 Å². The van der Waals surface area contributed by atoms with Crippen molar-refractivity contribution in [2.45, 2.75) is 13.5 Å². The fourth-order valence-corrected chi connectivity index (χ4v) is 1.70. The lowest BCUT2D eigenvalue weighted by atomic mass is 10.2. The SMILES string of the molecule is CCOCC(=O)N(CCN(C)C)Cc1ccccc1. The molecule has 0 bridgehead atoms. The van der Waals surface area contributed by atoms with E-state index in [2.05, 4.69) is 4.90 Å². The Kier molecular flexibility index (Phi) is 7.15. The zero-order valence-electron chi connectivity index (χ0n) is 12.1. The first-order valence-electron chi connectivity index (χ1n) is 6.67. The summed E-state index contributed by atoms with van der Waals surface area (Å²) in [5.74, 6) is 0.0487. The second-order valence-electron chi connectivity index (χ2n) is 4.74. The molecule has 0 heterocycles. The maximum atomic E-state index is 12.1. The molecule has 106 valence electrons. The minimum absolute atomic E-state index is 0.0487. The van der Waals surface area contributed by atoms with Gasteiger partial charge in [-0.1, -0.05) is 30.3 Å². The molecule has 0 fully saturated rings. The van der Waals surface area contributed by atoms with E-state index < -0.39 is 0 Å². The van der Waals surface area contributed by atoms with E-state index in [9.17, 15) is 4.79 Å². The number of rotatable bonds is 8. The van der Waals surface area contributed by atoms with Crippen molar-refractivity contribution >= 4 is 5.91 Å². The summed E-state index contributed by atoms with van der Waals surface area (Å²) >= 11 is 0. The summed E-state index contributed by atoms with van der Waals surface area (Å²) in [6, 6.07) is 10.0. The lowest BCUT2D eigenvalue weighted by Gasteiger charge is -2.24. The maximum Gasteiger partial charge on any atom is 0.248 e. The first kappa shape index (κ1) is 15.7. The third kappa shape index (κ3) is 6.36. The van der Waals surface area contributed by atoms with Gasteiger partial charge in [0.05, 0.1) is 0 Å². The third-order valence-electron chi connectivity index (χ3n) is 2.82. The highest BCUT2D eigenvalue weighted by molar-refractivity contribution is 5.77. The molecule has 0 radical (unpaired) electrons. The quantitative estimate of drug-likeness (QED) is 0.715. The largest absolute Gasteiger partial charge is 0.372 e. The van der Waals surface area contributed by atoms with E-state index in [1.807, 2.05) is 56.3 Å². The number of benzene rings is 1. The average molecular weight is 264 g/mol. The zero-order chi connectivity index (χ0) is 14.1. The van der Waals surface area contributed by atoms with E-state index in [4.69, 9.17) is 4.74 Å². The van der Waals surface area contributed by atoms with Crippen LogP contribution in [0.3, 0.4) is 0 Å². The van der Waals surface area contributed by atoms with Gasteiger partial charge in [0, 0.05) is 26.2 Å². The molecule has 4 heteroatoms. The number of hydrogen-bond donors (Lipinski definition) is 0. The topological polar surface area (TPSA) is 32.8 Å². The summed E-state index contributed by atoms with van der Waals surface area (Å²) in [6.45, 7) is 4.84. The first-order chi connectivity index (χ1) is 9.13. The minimum Gasteiger partial charge on any atom is -0.372 e. The van der Waals surface area contributed by atoms with Crippen molar-refractivity contribution in [1.29, 1.82) is 0 Å². The van der Waals surface area contributed by atoms with E-state index in [1.54, 1.807) is 0 Å². The molecule has 1 aromatic carbocycles. The number of amides is 1. The Morgan fingerprint density at radius 2 is 1.84 bits per heavy atom. The van der Waals surface area contributed by atoms with Gasteiger partial charge in [-0.15, -0.1) is 0 Å². The van der Waals surface area contributed by atoms with Crippen LogP contribution in [0.25, 0.3) is 0 Å². The van der Waals surface area contributed by atoms with Gasteiger partial charge in [0.2, 0.25) is 5.91 Å². The fourth-order valence-electron chi connectivity index (χ4n) is 1.70. The van der Waals surface area contributed by atoms with Crippen molar-refractivity contribution in [3.05, 3.63) is 35.9 Å². The highest BCUT2D eigenvalue weighted by Crippen LogP contribution is 2.05. The molecule has 0 aliphatic rings. The van der Waals surface area contributed by atoms with Gasteiger partial charge < -0.3 is 14.5 Å². The number of nitrogens with zero attached hydrogens (tertiary/aromatic N) is 2. The molecule has 0 atom stereocenters. The summed E-state index contributed by atoms with van der Waals surface area (Å²) in [4.78, 5) is 16.0. The minimum atomic E-state index is 0.0487. The monoisotopic (exact) mass is 264 g/mol. The van der Waals surface area contributed by atoms with Crippen molar-refractivity contribution in [2.24, 2.45) is 0 Å². The molecular formula is C15H24N2O2. The Labute approximate surface area is 116 Å². The number of likely N-dealkylation sites (N-methyl/N-ethyl adjacent to an activating group) is 1. The van der Waals surface area contributed by atoms with Crippen LogP contribution in [-0.4, -0.2) is 56.1 Å². The Hall–Kier alpha value is -1.39. The van der Waals surface area contributed by atoms with Crippen molar-refractivity contribution in [3.63, 3.8) is 0 Å². The molecular weight excluding hydrogens is 240 g/mol. The van der Waals surface area contributed by atoms with Crippen molar-refractivity contribution < 1.29 is 9.53 Å². The molecule has 0 aliphatic heterocycles. The van der Waals surface area contributed by atoms with Gasteiger partial charge in [-0.2, -0.15) is 0 Å². The normalized spacial score (nSPS) is 10.7. The van der Waals surface area contributed by atoms with E-state index in [0.717, 1.165) is 12.1 Å². The van der Waals surface area contributed by atoms with E-state index in [0.29, 0.717) is 19.7 Å². The van der Waals surface area contributed by atoms with Gasteiger partial charge in [0.1, 0.15) is 6.61 Å². The molecule has 1 rings (SSSR count). The van der Waals surface area contributed by atoms with Gasteiger partial charge in [0.15, 0.2) is 0 Å². The molecule has 1 amide bonds. The third-order valence-corrected chi connectivity index (χ3v) is 2.82. The maximum absolute atomic E-state index is 12.1. The van der Waals surface area contributed by atoms with Crippen LogP contribution in [0.4, 0.5) is 0 Å². The number of carbonyl (C=O) groups is 1. The zero-order valence-corrected chi connectivity index (χ0v) is 12.1. The predicted octanol–water partition coefficient (Wildman–Crippen LogP) is 1.61. The molecule has 1 aromatic rings. The molecule has 0 unspecified atom stereocenters. The molecule has 0 saturated heterocycles. The molecule has 4 nitrogen and oxygen atoms in total. The summed E-state index contributed by atoms with van der Waals surface area (Å²) in [7, 11) is 4.02. The smallest absolute Gasteiger partial charge is 0.248 e. The van der Waals surface area contributed by atoms with Crippen LogP contribution in [0.15, 0.2) is 30.3 Å². The molecule has 0 N–H and O–H groups in total. The average Bonchev–Trinajstić information content (AvgIpc) is 2.41. The van der Waals surface area contributed by atoms with E-state index in [-0.39, 0.29) is 12.5 Å². The van der Waals surface area contributed by atoms with E-state index in [1.165, 1.54) is 0 Å². The first-order valence-corrected chi connectivity index (χ1v) is 6.67. The Morgan fingerprint density at radius 3 is 2.42 bits per heavy atom. The highest BCUT2D eigenvalue weighted by Gasteiger charge is 2.13. The number of carbonyl (C=O) groups excluding carboxylic acids is 1. The highest BCUT2D eigenvalue weighted by atomic mass is 16.5. The summed E-state index contributed by atoms with van der Waals surface area (Å²) in [6.07, 6.45) is 0. The van der Waals surface area contributed by atoms with Crippen LogP contribution < -0.4 is 0 Å². The fraction of sp³-hybridized carbons (Fsp3) is 0.533. The lowest BCUT2D eigenvalue weighted by molar-refractivity contribution is -0.136. The Bertz CT molecular complexity index is 366. The molecule has 0 aliphatic carbocycles. The lowest BCUT2D eigenvalue weighted by Crippen LogP contribution is -2.38. The number of ether oxygens (including phenoxy) is 1. The second-order valence-corrected chi connectivity index (χ2v) is 4.74. The molecule has 0 saturated carbocycles. The van der Waals surface area contributed by atoms with Gasteiger partial charge in [-0.05, 0) is 26.6 Å². The van der Waals surface area contributed by atoms with Gasteiger partial charge in [-0.25, -0.2) is 0 Å². The van der Waals surface area contributed by atoms with Crippen LogP contribution in [0.5, 0.6) is 0 Å². The van der Waals surface area contributed by atoms with Crippen molar-refractivity contribution in [2.75, 3.05) is 40.4 Å². The predicted molar refractivity (Wildman–Crippen MR) is 76.9 cm³/mol. The Balaban J connectivity index is 2.60. The molecule has 0 aromatic heterocycles. The van der Waals surface area contributed by atoms with Crippen LogP contribution in [0.1, 0.15) is 12.5 Å². The van der Waals surface area contributed by atoms with Crippen LogP contribution >= 0.6 is 0 Å². The molecule has 19 heavy (non-hydrogen) atoms. The van der Waals surface area contributed by atoms with Crippen LogP contribution in [0.2, 0.25) is 0 Å².